The summed E-state index contributed by atoms with van der Waals surface area (Å²) in [6.07, 6.45) is 0. The van der Waals surface area contributed by atoms with E-state index in [1.54, 1.807) is 0 Å². The van der Waals surface area contributed by atoms with E-state index in [1.807, 2.05) is 38.1 Å². The van der Waals surface area contributed by atoms with Crippen LogP contribution in [0.1, 0.15) is 18.3 Å². The second-order valence-corrected chi connectivity index (χ2v) is 4.02. The van der Waals surface area contributed by atoms with Gasteiger partial charge in [-0.1, -0.05) is 12.1 Å². The first-order valence-corrected chi connectivity index (χ1v) is 6.12. The van der Waals surface area contributed by atoms with Crippen LogP contribution in [0.25, 0.3) is 11.4 Å². The first-order valence-electron chi connectivity index (χ1n) is 5.59. The molecule has 0 aliphatic heterocycles. The lowest BCUT2D eigenvalue weighted by Gasteiger charge is -2.03. The van der Waals surface area contributed by atoms with Gasteiger partial charge in [-0.25, -0.2) is 4.98 Å². The molecule has 2 aromatic rings. The highest BCUT2D eigenvalue weighted by molar-refractivity contribution is 6.17. The minimum Gasteiger partial charge on any atom is -0.494 e. The molecule has 90 valence electrons. The smallest absolute Gasteiger partial charge is 0.138 e. The highest BCUT2D eigenvalue weighted by atomic mass is 35.5. The molecule has 0 aliphatic rings. The van der Waals surface area contributed by atoms with Gasteiger partial charge in [0.15, 0.2) is 0 Å². The Hall–Kier alpha value is -1.48. The predicted molar refractivity (Wildman–Crippen MR) is 69.5 cm³/mol. The molecular weight excluding hydrogens is 236 g/mol. The normalized spacial score (nSPS) is 10.5. The first kappa shape index (κ1) is 12.0. The molecule has 17 heavy (non-hydrogen) atoms. The monoisotopic (exact) mass is 250 g/mol. The number of nitrogens with zero attached hydrogens (tertiary/aromatic N) is 1. The highest BCUT2D eigenvalue weighted by Crippen LogP contribution is 2.23. The molecule has 1 aromatic carbocycles. The molecule has 1 aromatic heterocycles. The summed E-state index contributed by atoms with van der Waals surface area (Å²) in [5, 5.41) is 0. The molecule has 0 amide bonds. The Balaban J connectivity index is 2.34. The molecule has 0 atom stereocenters. The van der Waals surface area contributed by atoms with Crippen molar-refractivity contribution < 1.29 is 4.74 Å². The Labute approximate surface area is 106 Å². The molecule has 0 unspecified atom stereocenters. The number of hydrogen-bond donors (Lipinski definition) is 1. The third-order valence-corrected chi connectivity index (χ3v) is 2.78. The molecule has 0 fully saturated rings. The lowest BCUT2D eigenvalue weighted by Crippen LogP contribution is -1.91. The topological polar surface area (TPSA) is 37.9 Å². The van der Waals surface area contributed by atoms with Crippen molar-refractivity contribution in [2.24, 2.45) is 0 Å². The van der Waals surface area contributed by atoms with E-state index in [2.05, 4.69) is 9.97 Å². The number of ether oxygens (including phenoxy) is 1. The quantitative estimate of drug-likeness (QED) is 0.843. The van der Waals surface area contributed by atoms with E-state index in [0.717, 1.165) is 28.5 Å². The molecule has 0 saturated heterocycles. The number of nitrogens with one attached hydrogen (secondary N) is 1. The minimum absolute atomic E-state index is 0.424. The fourth-order valence-electron chi connectivity index (χ4n) is 1.66. The van der Waals surface area contributed by atoms with Gasteiger partial charge in [0.05, 0.1) is 18.2 Å². The maximum Gasteiger partial charge on any atom is 0.138 e. The van der Waals surface area contributed by atoms with Crippen LogP contribution in [0.4, 0.5) is 0 Å². The van der Waals surface area contributed by atoms with Crippen LogP contribution in [0, 0.1) is 6.92 Å². The molecule has 0 aliphatic carbocycles. The van der Waals surface area contributed by atoms with E-state index < -0.39 is 0 Å². The molecule has 0 bridgehead atoms. The second-order valence-electron chi connectivity index (χ2n) is 3.75. The van der Waals surface area contributed by atoms with Crippen LogP contribution in [-0.2, 0) is 5.88 Å². The van der Waals surface area contributed by atoms with Crippen LogP contribution in [-0.4, -0.2) is 16.6 Å². The van der Waals surface area contributed by atoms with Crippen molar-refractivity contribution in [3.8, 4) is 17.1 Å². The molecule has 0 spiro atoms. The largest absolute Gasteiger partial charge is 0.494 e. The Bertz CT molecular complexity index is 508. The van der Waals surface area contributed by atoms with Crippen LogP contribution in [0.15, 0.2) is 24.3 Å². The van der Waals surface area contributed by atoms with E-state index in [4.69, 9.17) is 16.3 Å². The summed E-state index contributed by atoms with van der Waals surface area (Å²) in [7, 11) is 0. The molecule has 3 nitrogen and oxygen atoms in total. The number of benzene rings is 1. The Morgan fingerprint density at radius 2 is 2.24 bits per heavy atom. The van der Waals surface area contributed by atoms with Gasteiger partial charge in [-0.05, 0) is 26.0 Å². The lowest BCUT2D eigenvalue weighted by molar-refractivity contribution is 0.340. The predicted octanol–water partition coefficient (Wildman–Crippen LogP) is 3.52. The van der Waals surface area contributed by atoms with Crippen molar-refractivity contribution in [2.75, 3.05) is 6.61 Å². The van der Waals surface area contributed by atoms with E-state index in [1.165, 1.54) is 0 Å². The van der Waals surface area contributed by atoms with Crippen molar-refractivity contribution in [1.29, 1.82) is 0 Å². The third kappa shape index (κ3) is 2.61. The van der Waals surface area contributed by atoms with Crippen LogP contribution < -0.4 is 4.74 Å². The zero-order chi connectivity index (χ0) is 12.3. The summed E-state index contributed by atoms with van der Waals surface area (Å²) in [5.41, 5.74) is 2.91. The number of aromatic nitrogens is 2. The highest BCUT2D eigenvalue weighted by Gasteiger charge is 2.08. The molecule has 4 heteroatoms. The molecule has 1 heterocycles. The van der Waals surface area contributed by atoms with Gasteiger partial charge in [0.1, 0.15) is 11.6 Å². The summed E-state index contributed by atoms with van der Waals surface area (Å²) in [6.45, 7) is 4.60. The van der Waals surface area contributed by atoms with Crippen LogP contribution in [0.3, 0.4) is 0 Å². The van der Waals surface area contributed by atoms with Crippen molar-refractivity contribution in [1.82, 2.24) is 9.97 Å². The molecule has 0 saturated carbocycles. The maximum absolute atomic E-state index is 5.81. The standard InChI is InChI=1S/C13H15ClN2O/c1-3-17-11-6-4-5-10(7-11)13-15-9(2)12(8-14)16-13/h4-7H,3,8H2,1-2H3,(H,15,16). The average Bonchev–Trinajstić information content (AvgIpc) is 2.71. The SMILES string of the molecule is CCOc1cccc(-c2nc(CCl)c(C)[nH]2)c1. The van der Waals surface area contributed by atoms with Crippen molar-refractivity contribution in [3.63, 3.8) is 0 Å². The maximum atomic E-state index is 5.81. The summed E-state index contributed by atoms with van der Waals surface area (Å²) in [4.78, 5) is 7.69. The Morgan fingerprint density at radius 3 is 2.88 bits per heavy atom. The summed E-state index contributed by atoms with van der Waals surface area (Å²) >= 11 is 5.81. The number of halogens is 1. The van der Waals surface area contributed by atoms with Gasteiger partial charge >= 0.3 is 0 Å². The van der Waals surface area contributed by atoms with Gasteiger partial charge in [0, 0.05) is 11.3 Å². The number of alkyl halides is 1. The number of rotatable bonds is 4. The van der Waals surface area contributed by atoms with Crippen molar-refractivity contribution >= 4 is 11.6 Å². The molecule has 1 N–H and O–H groups in total. The number of H-pyrrole nitrogens is 1. The number of aryl methyl sites for hydroxylation is 1. The molecular formula is C13H15ClN2O. The Kier molecular flexibility index (Phi) is 3.69. The Morgan fingerprint density at radius 1 is 1.41 bits per heavy atom. The number of aromatic amines is 1. The van der Waals surface area contributed by atoms with E-state index >= 15 is 0 Å². The van der Waals surface area contributed by atoms with Gasteiger partial charge in [-0.15, -0.1) is 11.6 Å². The van der Waals surface area contributed by atoms with E-state index in [0.29, 0.717) is 12.5 Å². The third-order valence-electron chi connectivity index (χ3n) is 2.53. The van der Waals surface area contributed by atoms with Crippen LogP contribution in [0.2, 0.25) is 0 Å². The van der Waals surface area contributed by atoms with E-state index in [9.17, 15) is 0 Å². The fraction of sp³-hybridized carbons (Fsp3) is 0.308. The second kappa shape index (κ2) is 5.23. The van der Waals surface area contributed by atoms with Gasteiger partial charge in [-0.3, -0.25) is 0 Å². The number of hydrogen-bond acceptors (Lipinski definition) is 2. The minimum atomic E-state index is 0.424. The van der Waals surface area contributed by atoms with E-state index in [-0.39, 0.29) is 0 Å². The summed E-state index contributed by atoms with van der Waals surface area (Å²) in [5.74, 6) is 2.11. The zero-order valence-electron chi connectivity index (χ0n) is 9.96. The average molecular weight is 251 g/mol. The molecule has 2 rings (SSSR count). The summed E-state index contributed by atoms with van der Waals surface area (Å²) in [6, 6.07) is 7.86. The van der Waals surface area contributed by atoms with Gasteiger partial charge in [-0.2, -0.15) is 0 Å². The molecule has 0 radical (unpaired) electrons. The van der Waals surface area contributed by atoms with Gasteiger partial charge < -0.3 is 9.72 Å². The van der Waals surface area contributed by atoms with Gasteiger partial charge in [0.25, 0.3) is 0 Å². The van der Waals surface area contributed by atoms with Crippen LogP contribution in [0.5, 0.6) is 5.75 Å². The fourth-order valence-corrected chi connectivity index (χ4v) is 1.92. The summed E-state index contributed by atoms with van der Waals surface area (Å²) < 4.78 is 5.46. The zero-order valence-corrected chi connectivity index (χ0v) is 10.7. The number of imidazole rings is 1. The van der Waals surface area contributed by atoms with Gasteiger partial charge in [0.2, 0.25) is 0 Å². The van der Waals surface area contributed by atoms with Crippen molar-refractivity contribution in [2.45, 2.75) is 19.7 Å². The van der Waals surface area contributed by atoms with Crippen LogP contribution >= 0.6 is 11.6 Å². The van der Waals surface area contributed by atoms with Crippen molar-refractivity contribution in [3.05, 3.63) is 35.7 Å². The lowest BCUT2D eigenvalue weighted by atomic mass is 10.2. The first-order chi connectivity index (χ1) is 8.24.